The molecule has 120 valence electrons. The highest BCUT2D eigenvalue weighted by atomic mass is 35.5. The van der Waals surface area contributed by atoms with Crippen molar-refractivity contribution >= 4 is 22.4 Å². The monoisotopic (exact) mass is 336 g/mol. The van der Waals surface area contributed by atoms with Gasteiger partial charge in [-0.25, -0.2) is 8.42 Å². The molecule has 0 spiro atoms. The van der Waals surface area contributed by atoms with Gasteiger partial charge < -0.3 is 15.2 Å². The minimum absolute atomic E-state index is 0. The Kier molecular flexibility index (Phi) is 6.89. The summed E-state index contributed by atoms with van der Waals surface area (Å²) in [4.78, 5) is 0.269. The van der Waals surface area contributed by atoms with E-state index in [1.54, 1.807) is 31.4 Å². The van der Waals surface area contributed by atoms with Crippen molar-refractivity contribution in [3.05, 3.63) is 24.3 Å². The van der Waals surface area contributed by atoms with E-state index in [0.717, 1.165) is 0 Å². The van der Waals surface area contributed by atoms with Crippen LogP contribution in [0, 0.1) is 0 Å². The first kappa shape index (κ1) is 18.2. The Hall–Kier alpha value is -0.860. The molecule has 1 aliphatic rings. The fourth-order valence-corrected chi connectivity index (χ4v) is 3.58. The molecule has 1 heterocycles. The van der Waals surface area contributed by atoms with Gasteiger partial charge in [-0.05, 0) is 30.7 Å². The second kappa shape index (κ2) is 7.95. The van der Waals surface area contributed by atoms with Gasteiger partial charge in [0.05, 0.1) is 11.5 Å². The summed E-state index contributed by atoms with van der Waals surface area (Å²) >= 11 is 0. The van der Waals surface area contributed by atoms with Crippen molar-refractivity contribution in [2.24, 2.45) is 5.73 Å². The molecule has 6 nitrogen and oxygen atoms in total. The number of methoxy groups -OCH3 is 1. The maximum Gasteiger partial charge on any atom is 0.243 e. The number of hydrogen-bond acceptors (Lipinski definition) is 5. The molecule has 8 heteroatoms. The molecule has 0 saturated carbocycles. The lowest BCUT2D eigenvalue weighted by Crippen LogP contribution is -2.31. The predicted octanol–water partition coefficient (Wildman–Crippen LogP) is 0.855. The van der Waals surface area contributed by atoms with Crippen molar-refractivity contribution in [1.82, 2.24) is 4.31 Å². The molecule has 1 fully saturated rings. The molecule has 21 heavy (non-hydrogen) atoms. The number of halogens is 1. The summed E-state index contributed by atoms with van der Waals surface area (Å²) in [6.45, 7) is 1.79. The summed E-state index contributed by atoms with van der Waals surface area (Å²) in [7, 11) is -1.84. The van der Waals surface area contributed by atoms with E-state index < -0.39 is 10.0 Å². The van der Waals surface area contributed by atoms with Crippen LogP contribution in [-0.4, -0.2) is 52.2 Å². The molecular formula is C13H21ClN2O4S. The SMILES string of the molecule is COCCOc1ccc(S(=O)(=O)N2CC[C@@H](N)C2)cc1.Cl. The molecule has 1 aromatic carbocycles. The highest BCUT2D eigenvalue weighted by Crippen LogP contribution is 2.22. The standard InChI is InChI=1S/C13H20N2O4S.ClH/c1-18-8-9-19-12-2-4-13(5-3-12)20(16,17)15-7-6-11(14)10-15;/h2-5,11H,6-10,14H2,1H3;1H/t11-;/m1./s1. The Morgan fingerprint density at radius 2 is 1.95 bits per heavy atom. The van der Waals surface area contributed by atoms with Crippen LogP contribution in [0.2, 0.25) is 0 Å². The smallest absolute Gasteiger partial charge is 0.243 e. The van der Waals surface area contributed by atoms with E-state index in [9.17, 15) is 8.42 Å². The number of nitrogens with zero attached hydrogens (tertiary/aromatic N) is 1. The van der Waals surface area contributed by atoms with Gasteiger partial charge in [-0.1, -0.05) is 0 Å². The number of hydrogen-bond donors (Lipinski definition) is 1. The van der Waals surface area contributed by atoms with E-state index in [1.807, 2.05) is 0 Å². The molecular weight excluding hydrogens is 316 g/mol. The van der Waals surface area contributed by atoms with Crippen LogP contribution in [0.4, 0.5) is 0 Å². The number of nitrogens with two attached hydrogens (primary N) is 1. The average molecular weight is 337 g/mol. The quantitative estimate of drug-likeness (QED) is 0.779. The zero-order chi connectivity index (χ0) is 14.6. The zero-order valence-electron chi connectivity index (χ0n) is 11.9. The molecule has 1 saturated heterocycles. The molecule has 0 aliphatic carbocycles. The average Bonchev–Trinajstić information content (AvgIpc) is 2.87. The fourth-order valence-electron chi connectivity index (χ4n) is 2.07. The second-order valence-corrected chi connectivity index (χ2v) is 6.66. The second-order valence-electron chi connectivity index (χ2n) is 4.72. The van der Waals surface area contributed by atoms with Crippen LogP contribution in [0.3, 0.4) is 0 Å². The van der Waals surface area contributed by atoms with Crippen molar-refractivity contribution in [2.75, 3.05) is 33.4 Å². The lowest BCUT2D eigenvalue weighted by molar-refractivity contribution is 0.146. The van der Waals surface area contributed by atoms with E-state index in [4.69, 9.17) is 15.2 Å². The normalized spacial score (nSPS) is 19.2. The molecule has 0 radical (unpaired) electrons. The number of rotatable bonds is 6. The minimum atomic E-state index is -3.44. The Balaban J connectivity index is 0.00000220. The Bertz CT molecular complexity index is 536. The van der Waals surface area contributed by atoms with E-state index in [-0.39, 0.29) is 23.3 Å². The minimum Gasteiger partial charge on any atom is -0.491 e. The molecule has 0 bridgehead atoms. The van der Waals surface area contributed by atoms with Gasteiger partial charge in [-0.2, -0.15) is 4.31 Å². The summed E-state index contributed by atoms with van der Waals surface area (Å²) in [5.74, 6) is 0.624. The van der Waals surface area contributed by atoms with Crippen LogP contribution in [0.1, 0.15) is 6.42 Å². The summed E-state index contributed by atoms with van der Waals surface area (Å²) < 4.78 is 36.4. The van der Waals surface area contributed by atoms with Gasteiger partial charge in [0.2, 0.25) is 10.0 Å². The fraction of sp³-hybridized carbons (Fsp3) is 0.538. The molecule has 0 amide bonds. The van der Waals surface area contributed by atoms with Crippen LogP contribution in [0.25, 0.3) is 0 Å². The van der Waals surface area contributed by atoms with Gasteiger partial charge >= 0.3 is 0 Å². The van der Waals surface area contributed by atoms with Gasteiger partial charge in [0.25, 0.3) is 0 Å². The Morgan fingerprint density at radius 3 is 2.48 bits per heavy atom. The Morgan fingerprint density at radius 1 is 1.29 bits per heavy atom. The summed E-state index contributed by atoms with van der Waals surface area (Å²) in [6.07, 6.45) is 0.706. The van der Waals surface area contributed by atoms with Crippen LogP contribution in [-0.2, 0) is 14.8 Å². The summed E-state index contributed by atoms with van der Waals surface area (Å²) in [6, 6.07) is 6.35. The molecule has 2 N–H and O–H groups in total. The van der Waals surface area contributed by atoms with E-state index in [2.05, 4.69) is 0 Å². The first-order chi connectivity index (χ1) is 9.54. The lowest BCUT2D eigenvalue weighted by Gasteiger charge is -2.16. The van der Waals surface area contributed by atoms with Crippen LogP contribution in [0.15, 0.2) is 29.2 Å². The van der Waals surface area contributed by atoms with Gasteiger partial charge in [-0.15, -0.1) is 12.4 Å². The van der Waals surface area contributed by atoms with Crippen molar-refractivity contribution < 1.29 is 17.9 Å². The van der Waals surface area contributed by atoms with Gasteiger partial charge in [0.15, 0.2) is 0 Å². The molecule has 0 aromatic heterocycles. The topological polar surface area (TPSA) is 81.9 Å². The highest BCUT2D eigenvalue weighted by molar-refractivity contribution is 7.89. The largest absolute Gasteiger partial charge is 0.491 e. The van der Waals surface area contributed by atoms with E-state index in [1.165, 1.54) is 4.31 Å². The summed E-state index contributed by atoms with van der Waals surface area (Å²) in [5.41, 5.74) is 5.75. The predicted molar refractivity (Wildman–Crippen MR) is 82.4 cm³/mol. The number of benzene rings is 1. The van der Waals surface area contributed by atoms with E-state index >= 15 is 0 Å². The maximum absolute atomic E-state index is 12.4. The van der Waals surface area contributed by atoms with Gasteiger partial charge in [-0.3, -0.25) is 0 Å². The van der Waals surface area contributed by atoms with Crippen LogP contribution < -0.4 is 10.5 Å². The van der Waals surface area contributed by atoms with Gasteiger partial charge in [0.1, 0.15) is 12.4 Å². The van der Waals surface area contributed by atoms with Crippen LogP contribution >= 0.6 is 12.4 Å². The number of ether oxygens (including phenoxy) is 2. The van der Waals surface area contributed by atoms with Crippen molar-refractivity contribution in [3.63, 3.8) is 0 Å². The molecule has 0 unspecified atom stereocenters. The molecule has 1 atom stereocenters. The first-order valence-electron chi connectivity index (χ1n) is 6.51. The maximum atomic E-state index is 12.4. The number of sulfonamides is 1. The third-order valence-corrected chi connectivity index (χ3v) is 5.08. The van der Waals surface area contributed by atoms with Crippen LogP contribution in [0.5, 0.6) is 5.75 Å². The highest BCUT2D eigenvalue weighted by Gasteiger charge is 2.30. The third kappa shape index (κ3) is 4.55. The molecule has 2 rings (SSSR count). The first-order valence-corrected chi connectivity index (χ1v) is 7.95. The third-order valence-electron chi connectivity index (χ3n) is 3.21. The molecule has 1 aliphatic heterocycles. The zero-order valence-corrected chi connectivity index (χ0v) is 13.5. The molecule has 1 aromatic rings. The van der Waals surface area contributed by atoms with Crippen molar-refractivity contribution in [1.29, 1.82) is 0 Å². The van der Waals surface area contributed by atoms with Crippen molar-refractivity contribution in [3.8, 4) is 5.75 Å². The summed E-state index contributed by atoms with van der Waals surface area (Å²) in [5, 5.41) is 0. The van der Waals surface area contributed by atoms with Gasteiger partial charge in [0, 0.05) is 26.2 Å². The van der Waals surface area contributed by atoms with E-state index in [0.29, 0.717) is 38.5 Å². The van der Waals surface area contributed by atoms with Crippen molar-refractivity contribution in [2.45, 2.75) is 17.4 Å². The lowest BCUT2D eigenvalue weighted by atomic mass is 10.3. The Labute approximate surface area is 131 Å².